The van der Waals surface area contributed by atoms with E-state index in [-0.39, 0.29) is 23.9 Å². The van der Waals surface area contributed by atoms with Crippen LogP contribution in [0.1, 0.15) is 17.2 Å². The lowest BCUT2D eigenvalue weighted by atomic mass is 10.0. The minimum Gasteiger partial charge on any atom is -0.353 e. The van der Waals surface area contributed by atoms with E-state index in [1.165, 1.54) is 16.4 Å². The van der Waals surface area contributed by atoms with E-state index in [4.69, 9.17) is 0 Å². The van der Waals surface area contributed by atoms with Crippen molar-refractivity contribution in [1.82, 2.24) is 9.62 Å². The third-order valence-corrected chi connectivity index (χ3v) is 5.86. The lowest BCUT2D eigenvalue weighted by Crippen LogP contribution is -2.52. The van der Waals surface area contributed by atoms with Crippen LogP contribution in [0.5, 0.6) is 0 Å². The van der Waals surface area contributed by atoms with Gasteiger partial charge in [0.15, 0.2) is 0 Å². The van der Waals surface area contributed by atoms with Crippen molar-refractivity contribution in [3.8, 4) is 0 Å². The number of benzene rings is 2. The Balaban J connectivity index is 2.04. The van der Waals surface area contributed by atoms with E-state index in [1.54, 1.807) is 12.1 Å². The summed E-state index contributed by atoms with van der Waals surface area (Å²) in [5.41, 5.74) is 1.62. The van der Waals surface area contributed by atoms with Crippen LogP contribution in [0.4, 0.5) is 4.39 Å². The largest absolute Gasteiger partial charge is 0.353 e. The Morgan fingerprint density at radius 1 is 1.08 bits per heavy atom. The molecule has 1 fully saturated rings. The Morgan fingerprint density at radius 2 is 1.71 bits per heavy atom. The molecule has 1 amide bonds. The number of carbonyl (C=O) groups is 1. The summed E-state index contributed by atoms with van der Waals surface area (Å²) in [6, 6.07) is 10.8. The molecule has 24 heavy (non-hydrogen) atoms. The summed E-state index contributed by atoms with van der Waals surface area (Å²) in [6.07, 6.45) is 0. The summed E-state index contributed by atoms with van der Waals surface area (Å²) in [5, 5.41) is 2.70. The number of hydrogen-bond acceptors (Lipinski definition) is 3. The Morgan fingerprint density at radius 3 is 2.33 bits per heavy atom. The van der Waals surface area contributed by atoms with Crippen molar-refractivity contribution in [2.75, 3.05) is 13.1 Å². The monoisotopic (exact) mass is 348 g/mol. The van der Waals surface area contributed by atoms with Gasteiger partial charge < -0.3 is 5.32 Å². The van der Waals surface area contributed by atoms with Crippen LogP contribution < -0.4 is 5.32 Å². The van der Waals surface area contributed by atoms with Crippen molar-refractivity contribution in [3.05, 3.63) is 65.5 Å². The third kappa shape index (κ3) is 3.05. The van der Waals surface area contributed by atoms with Gasteiger partial charge in [-0.1, -0.05) is 29.8 Å². The van der Waals surface area contributed by atoms with Gasteiger partial charge in [0.2, 0.25) is 15.9 Å². The number of halogens is 1. The van der Waals surface area contributed by atoms with E-state index in [1.807, 2.05) is 19.1 Å². The van der Waals surface area contributed by atoms with Crippen molar-refractivity contribution in [1.29, 1.82) is 0 Å². The highest BCUT2D eigenvalue weighted by Gasteiger charge is 2.39. The molecule has 5 nitrogen and oxygen atoms in total. The molecule has 7 heteroatoms. The molecule has 1 N–H and O–H groups in total. The number of amides is 1. The number of rotatable bonds is 3. The first-order valence-electron chi connectivity index (χ1n) is 7.51. The van der Waals surface area contributed by atoms with Crippen LogP contribution >= 0.6 is 0 Å². The molecule has 3 rings (SSSR count). The minimum absolute atomic E-state index is 0.0317. The number of nitrogens with zero attached hydrogens (tertiary/aromatic N) is 1. The fourth-order valence-corrected chi connectivity index (χ4v) is 4.29. The molecule has 0 radical (unpaired) electrons. The summed E-state index contributed by atoms with van der Waals surface area (Å²) in [6.45, 7) is 2.31. The Labute approximate surface area is 140 Å². The van der Waals surface area contributed by atoms with Crippen LogP contribution in [-0.4, -0.2) is 31.7 Å². The van der Waals surface area contributed by atoms with Gasteiger partial charge in [-0.05, 0) is 36.8 Å². The molecule has 1 aliphatic heterocycles. The quantitative estimate of drug-likeness (QED) is 0.923. The minimum atomic E-state index is -3.91. The molecule has 2 aromatic rings. The SMILES string of the molecule is Cc1ccc(C2C(=O)NCCN2S(=O)(=O)c2ccc(F)cc2)cc1. The van der Waals surface area contributed by atoms with E-state index in [0.717, 1.165) is 17.7 Å². The van der Waals surface area contributed by atoms with Gasteiger partial charge in [-0.3, -0.25) is 4.79 Å². The second-order valence-electron chi connectivity index (χ2n) is 5.67. The summed E-state index contributed by atoms with van der Waals surface area (Å²) < 4.78 is 40.1. The second-order valence-corrected chi connectivity index (χ2v) is 7.56. The summed E-state index contributed by atoms with van der Waals surface area (Å²) in [7, 11) is -3.91. The molecule has 126 valence electrons. The number of nitrogens with one attached hydrogen (secondary N) is 1. The van der Waals surface area contributed by atoms with E-state index in [2.05, 4.69) is 5.32 Å². The number of sulfonamides is 1. The molecule has 2 aromatic carbocycles. The van der Waals surface area contributed by atoms with Crippen molar-refractivity contribution in [3.63, 3.8) is 0 Å². The lowest BCUT2D eigenvalue weighted by molar-refractivity contribution is -0.126. The van der Waals surface area contributed by atoms with Gasteiger partial charge in [-0.2, -0.15) is 4.31 Å². The zero-order valence-corrected chi connectivity index (χ0v) is 13.9. The Bertz CT molecular complexity index is 848. The smallest absolute Gasteiger partial charge is 0.244 e. The molecule has 1 heterocycles. The van der Waals surface area contributed by atoms with Gasteiger partial charge in [0, 0.05) is 13.1 Å². The van der Waals surface area contributed by atoms with E-state index < -0.39 is 21.9 Å². The first-order valence-corrected chi connectivity index (χ1v) is 8.95. The Hall–Kier alpha value is -2.25. The highest BCUT2D eigenvalue weighted by Crippen LogP contribution is 2.29. The number of piperazine rings is 1. The predicted molar refractivity (Wildman–Crippen MR) is 87.2 cm³/mol. The Kier molecular flexibility index (Phi) is 4.38. The third-order valence-electron chi connectivity index (χ3n) is 3.98. The zero-order chi connectivity index (χ0) is 17.3. The maximum Gasteiger partial charge on any atom is 0.244 e. The molecule has 1 atom stereocenters. The van der Waals surface area contributed by atoms with Gasteiger partial charge in [-0.25, -0.2) is 12.8 Å². The van der Waals surface area contributed by atoms with Crippen LogP contribution in [-0.2, 0) is 14.8 Å². The van der Waals surface area contributed by atoms with Crippen molar-refractivity contribution in [2.24, 2.45) is 0 Å². The maximum absolute atomic E-state index is 13.1. The van der Waals surface area contributed by atoms with Crippen molar-refractivity contribution >= 4 is 15.9 Å². The van der Waals surface area contributed by atoms with Crippen molar-refractivity contribution < 1.29 is 17.6 Å². The van der Waals surface area contributed by atoms with Gasteiger partial charge in [0.05, 0.1) is 4.90 Å². The van der Waals surface area contributed by atoms with Gasteiger partial charge in [-0.15, -0.1) is 0 Å². The highest BCUT2D eigenvalue weighted by molar-refractivity contribution is 7.89. The number of aryl methyl sites for hydroxylation is 1. The van der Waals surface area contributed by atoms with Crippen LogP contribution in [0.3, 0.4) is 0 Å². The fraction of sp³-hybridized carbons (Fsp3) is 0.235. The molecule has 0 aromatic heterocycles. The normalized spacial score (nSPS) is 19.1. The molecular weight excluding hydrogens is 331 g/mol. The highest BCUT2D eigenvalue weighted by atomic mass is 32.2. The maximum atomic E-state index is 13.1. The molecule has 1 aliphatic rings. The van der Waals surface area contributed by atoms with Crippen LogP contribution in [0.2, 0.25) is 0 Å². The van der Waals surface area contributed by atoms with Crippen LogP contribution in [0.25, 0.3) is 0 Å². The molecule has 0 bridgehead atoms. The first-order chi connectivity index (χ1) is 11.4. The van der Waals surface area contributed by atoms with E-state index in [0.29, 0.717) is 5.56 Å². The molecular formula is C17H17FN2O3S. The predicted octanol–water partition coefficient (Wildman–Crippen LogP) is 2.00. The lowest BCUT2D eigenvalue weighted by Gasteiger charge is -2.34. The number of hydrogen-bond donors (Lipinski definition) is 1. The van der Waals surface area contributed by atoms with Gasteiger partial charge in [0.25, 0.3) is 0 Å². The average molecular weight is 348 g/mol. The van der Waals surface area contributed by atoms with E-state index >= 15 is 0 Å². The van der Waals surface area contributed by atoms with Crippen LogP contribution in [0, 0.1) is 12.7 Å². The number of carbonyl (C=O) groups excluding carboxylic acids is 1. The molecule has 0 spiro atoms. The summed E-state index contributed by atoms with van der Waals surface area (Å²) in [4.78, 5) is 12.3. The zero-order valence-electron chi connectivity index (χ0n) is 13.1. The van der Waals surface area contributed by atoms with Gasteiger partial charge in [0.1, 0.15) is 11.9 Å². The van der Waals surface area contributed by atoms with E-state index in [9.17, 15) is 17.6 Å². The fourth-order valence-electron chi connectivity index (χ4n) is 2.71. The van der Waals surface area contributed by atoms with Gasteiger partial charge >= 0.3 is 0 Å². The van der Waals surface area contributed by atoms with Crippen LogP contribution in [0.15, 0.2) is 53.4 Å². The summed E-state index contributed by atoms with van der Waals surface area (Å²) >= 11 is 0. The molecule has 0 saturated carbocycles. The molecule has 0 aliphatic carbocycles. The standard InChI is InChI=1S/C17H17FN2O3S/c1-12-2-4-13(5-3-12)16-17(21)19-10-11-20(16)24(22,23)15-8-6-14(18)7-9-15/h2-9,16H,10-11H2,1H3,(H,19,21). The summed E-state index contributed by atoms with van der Waals surface area (Å²) in [5.74, 6) is -0.879. The average Bonchev–Trinajstić information content (AvgIpc) is 2.56. The molecule has 1 unspecified atom stereocenters. The topological polar surface area (TPSA) is 66.5 Å². The van der Waals surface area contributed by atoms with Crippen molar-refractivity contribution in [2.45, 2.75) is 17.9 Å². The first kappa shape index (κ1) is 16.6. The second kappa shape index (κ2) is 6.33. The molecule has 1 saturated heterocycles.